The van der Waals surface area contributed by atoms with Crippen LogP contribution in [-0.2, 0) is 10.0 Å². The number of nitrogens with zero attached hydrogens (tertiary/aromatic N) is 1. The van der Waals surface area contributed by atoms with E-state index >= 15 is 0 Å². The number of rotatable bonds is 4. The molecule has 0 bridgehead atoms. The Morgan fingerprint density at radius 1 is 1.33 bits per heavy atom. The molecule has 0 N–H and O–H groups in total. The standard InChI is InChI=1S/C10H18ClNO2S/c1-8-4-5-12(10(8)6-11)15(13,14)7-9-2-3-9/h8-10H,2-7H2,1H3. The zero-order chi connectivity index (χ0) is 11.1. The normalized spacial score (nSPS) is 33.5. The van der Waals surface area contributed by atoms with Crippen LogP contribution in [0.2, 0.25) is 0 Å². The quantitative estimate of drug-likeness (QED) is 0.713. The van der Waals surface area contributed by atoms with Crippen LogP contribution in [0.15, 0.2) is 0 Å². The first-order chi connectivity index (χ1) is 7.04. The summed E-state index contributed by atoms with van der Waals surface area (Å²) in [5.74, 6) is 1.58. The third-order valence-corrected chi connectivity index (χ3v) is 5.87. The Morgan fingerprint density at radius 2 is 2.00 bits per heavy atom. The van der Waals surface area contributed by atoms with E-state index in [9.17, 15) is 8.42 Å². The van der Waals surface area contributed by atoms with Crippen LogP contribution in [-0.4, -0.2) is 36.9 Å². The Bertz CT molecular complexity index is 326. The van der Waals surface area contributed by atoms with Crippen LogP contribution in [0.3, 0.4) is 0 Å². The van der Waals surface area contributed by atoms with Gasteiger partial charge in [0.15, 0.2) is 0 Å². The fourth-order valence-electron chi connectivity index (χ4n) is 2.23. The van der Waals surface area contributed by atoms with E-state index in [0.29, 0.717) is 30.0 Å². The Kier molecular flexibility index (Phi) is 3.29. The zero-order valence-electron chi connectivity index (χ0n) is 9.02. The maximum atomic E-state index is 12.1. The molecule has 15 heavy (non-hydrogen) atoms. The lowest BCUT2D eigenvalue weighted by atomic mass is 10.1. The van der Waals surface area contributed by atoms with Crippen molar-refractivity contribution < 1.29 is 8.42 Å². The topological polar surface area (TPSA) is 37.4 Å². The van der Waals surface area contributed by atoms with E-state index in [-0.39, 0.29) is 6.04 Å². The summed E-state index contributed by atoms with van der Waals surface area (Å²) in [6, 6.07) is 0.0235. The molecule has 1 aliphatic carbocycles. The van der Waals surface area contributed by atoms with Gasteiger partial charge in [-0.25, -0.2) is 8.42 Å². The summed E-state index contributed by atoms with van der Waals surface area (Å²) in [5, 5.41) is 0. The molecule has 3 nitrogen and oxygen atoms in total. The highest BCUT2D eigenvalue weighted by Gasteiger charge is 2.40. The number of halogens is 1. The lowest BCUT2D eigenvalue weighted by Crippen LogP contribution is -2.40. The van der Waals surface area contributed by atoms with Gasteiger partial charge in [-0.2, -0.15) is 4.31 Å². The molecular formula is C10H18ClNO2S. The second-order valence-corrected chi connectivity index (χ2v) is 7.10. The third-order valence-electron chi connectivity index (χ3n) is 3.49. The molecule has 0 amide bonds. The lowest BCUT2D eigenvalue weighted by molar-refractivity contribution is 0.374. The molecule has 5 heteroatoms. The summed E-state index contributed by atoms with van der Waals surface area (Å²) in [5.41, 5.74) is 0. The minimum absolute atomic E-state index is 0.0235. The predicted molar refractivity (Wildman–Crippen MR) is 61.5 cm³/mol. The van der Waals surface area contributed by atoms with Crippen LogP contribution in [0.4, 0.5) is 0 Å². The van der Waals surface area contributed by atoms with E-state index in [1.54, 1.807) is 4.31 Å². The average molecular weight is 252 g/mol. The summed E-state index contributed by atoms with van der Waals surface area (Å²) < 4.78 is 25.8. The van der Waals surface area contributed by atoms with Crippen molar-refractivity contribution in [2.75, 3.05) is 18.2 Å². The van der Waals surface area contributed by atoms with E-state index < -0.39 is 10.0 Å². The summed E-state index contributed by atoms with van der Waals surface area (Å²) >= 11 is 5.85. The van der Waals surface area contributed by atoms with Gasteiger partial charge in [0.1, 0.15) is 0 Å². The van der Waals surface area contributed by atoms with Crippen molar-refractivity contribution in [3.05, 3.63) is 0 Å². The maximum absolute atomic E-state index is 12.1. The Balaban J connectivity index is 2.07. The minimum Gasteiger partial charge on any atom is -0.212 e. The minimum atomic E-state index is -3.04. The smallest absolute Gasteiger partial charge is 0.212 e. The molecule has 0 radical (unpaired) electrons. The highest BCUT2D eigenvalue weighted by atomic mass is 35.5. The van der Waals surface area contributed by atoms with Gasteiger partial charge in [-0.3, -0.25) is 0 Å². The number of hydrogen-bond acceptors (Lipinski definition) is 2. The summed E-state index contributed by atoms with van der Waals surface area (Å²) in [7, 11) is -3.04. The van der Waals surface area contributed by atoms with E-state index in [2.05, 4.69) is 6.92 Å². The monoisotopic (exact) mass is 251 g/mol. The molecule has 0 aromatic rings. The summed E-state index contributed by atoms with van der Waals surface area (Å²) in [4.78, 5) is 0. The van der Waals surface area contributed by atoms with Gasteiger partial charge in [0.25, 0.3) is 0 Å². The van der Waals surface area contributed by atoms with Crippen molar-refractivity contribution in [3.63, 3.8) is 0 Å². The number of hydrogen-bond donors (Lipinski definition) is 0. The van der Waals surface area contributed by atoms with E-state index in [1.165, 1.54) is 0 Å². The molecule has 2 rings (SSSR count). The molecule has 1 heterocycles. The molecule has 1 saturated carbocycles. The highest BCUT2D eigenvalue weighted by molar-refractivity contribution is 7.89. The van der Waals surface area contributed by atoms with Crippen molar-refractivity contribution in [1.29, 1.82) is 0 Å². The Labute approximate surface area is 96.8 Å². The van der Waals surface area contributed by atoms with Crippen LogP contribution < -0.4 is 0 Å². The van der Waals surface area contributed by atoms with Crippen molar-refractivity contribution in [3.8, 4) is 0 Å². The third kappa shape index (κ3) is 2.48. The van der Waals surface area contributed by atoms with E-state index in [1.807, 2.05) is 0 Å². The molecule has 2 atom stereocenters. The van der Waals surface area contributed by atoms with Crippen molar-refractivity contribution in [2.24, 2.45) is 11.8 Å². The predicted octanol–water partition coefficient (Wildman–Crippen LogP) is 1.68. The van der Waals surface area contributed by atoms with Crippen molar-refractivity contribution >= 4 is 21.6 Å². The van der Waals surface area contributed by atoms with Gasteiger partial charge in [-0.05, 0) is 31.1 Å². The molecule has 0 aromatic carbocycles. The second kappa shape index (κ2) is 4.22. The van der Waals surface area contributed by atoms with Crippen LogP contribution in [0.1, 0.15) is 26.2 Å². The molecule has 88 valence electrons. The van der Waals surface area contributed by atoms with Crippen LogP contribution in [0, 0.1) is 11.8 Å². The highest BCUT2D eigenvalue weighted by Crippen LogP contribution is 2.34. The van der Waals surface area contributed by atoms with Gasteiger partial charge in [-0.15, -0.1) is 11.6 Å². The second-order valence-electron chi connectivity index (χ2n) is 4.82. The molecule has 0 spiro atoms. The van der Waals surface area contributed by atoms with Gasteiger partial charge >= 0.3 is 0 Å². The van der Waals surface area contributed by atoms with Crippen molar-refractivity contribution in [1.82, 2.24) is 4.31 Å². The molecular weight excluding hydrogens is 234 g/mol. The summed E-state index contributed by atoms with van der Waals surface area (Å²) in [6.07, 6.45) is 3.10. The first kappa shape index (κ1) is 11.7. The number of sulfonamides is 1. The molecule has 2 fully saturated rings. The lowest BCUT2D eigenvalue weighted by Gasteiger charge is -2.24. The first-order valence-electron chi connectivity index (χ1n) is 5.60. The maximum Gasteiger partial charge on any atom is 0.214 e. The zero-order valence-corrected chi connectivity index (χ0v) is 10.6. The van der Waals surface area contributed by atoms with Gasteiger partial charge < -0.3 is 0 Å². The fraction of sp³-hybridized carbons (Fsp3) is 1.00. The molecule has 0 aromatic heterocycles. The SMILES string of the molecule is CC1CCN(S(=O)(=O)CC2CC2)C1CCl. The fourth-order valence-corrected chi connectivity index (χ4v) is 4.98. The summed E-state index contributed by atoms with van der Waals surface area (Å²) in [6.45, 7) is 2.74. The Hall–Kier alpha value is 0.200. The number of alkyl halides is 1. The van der Waals surface area contributed by atoms with Crippen molar-refractivity contribution in [2.45, 2.75) is 32.2 Å². The Morgan fingerprint density at radius 3 is 2.53 bits per heavy atom. The first-order valence-corrected chi connectivity index (χ1v) is 7.74. The largest absolute Gasteiger partial charge is 0.214 e. The van der Waals surface area contributed by atoms with Gasteiger partial charge in [-0.1, -0.05) is 6.92 Å². The van der Waals surface area contributed by atoms with Crippen LogP contribution in [0.5, 0.6) is 0 Å². The molecule has 2 aliphatic rings. The van der Waals surface area contributed by atoms with Crippen LogP contribution >= 0.6 is 11.6 Å². The van der Waals surface area contributed by atoms with E-state index in [0.717, 1.165) is 19.3 Å². The van der Waals surface area contributed by atoms with Crippen LogP contribution in [0.25, 0.3) is 0 Å². The molecule has 1 saturated heterocycles. The van der Waals surface area contributed by atoms with Gasteiger partial charge in [0.2, 0.25) is 10.0 Å². The van der Waals surface area contributed by atoms with Gasteiger partial charge in [0, 0.05) is 18.5 Å². The molecule has 2 unspecified atom stereocenters. The molecule has 1 aliphatic heterocycles. The van der Waals surface area contributed by atoms with E-state index in [4.69, 9.17) is 11.6 Å². The average Bonchev–Trinajstić information content (AvgIpc) is 2.85. The van der Waals surface area contributed by atoms with Gasteiger partial charge in [0.05, 0.1) is 5.75 Å².